The molecule has 2 rings (SSSR count). The molecule has 4 nitrogen and oxygen atoms in total. The minimum Gasteiger partial charge on any atom is -0.399 e. The van der Waals surface area contributed by atoms with Crippen LogP contribution in [-0.2, 0) is 6.54 Å². The Morgan fingerprint density at radius 2 is 2.00 bits per heavy atom. The number of carbonyl (C=O) groups is 1. The van der Waals surface area contributed by atoms with Crippen LogP contribution in [0.5, 0.6) is 0 Å². The fourth-order valence-corrected chi connectivity index (χ4v) is 1.94. The first-order chi connectivity index (χ1) is 9.08. The Labute approximate surface area is 116 Å². The molecule has 0 bridgehead atoms. The molecular formula is C14H14ClN3O. The van der Waals surface area contributed by atoms with Crippen molar-refractivity contribution in [3.8, 4) is 0 Å². The van der Waals surface area contributed by atoms with E-state index in [1.165, 1.54) is 0 Å². The van der Waals surface area contributed by atoms with Crippen LogP contribution >= 0.6 is 11.6 Å². The van der Waals surface area contributed by atoms with E-state index in [1.54, 1.807) is 54.7 Å². The zero-order chi connectivity index (χ0) is 13.8. The van der Waals surface area contributed by atoms with E-state index in [1.807, 2.05) is 0 Å². The minimum atomic E-state index is -0.0825. The van der Waals surface area contributed by atoms with Crippen molar-refractivity contribution in [2.45, 2.75) is 6.54 Å². The molecule has 0 saturated heterocycles. The van der Waals surface area contributed by atoms with Crippen LogP contribution in [0.25, 0.3) is 0 Å². The van der Waals surface area contributed by atoms with Crippen molar-refractivity contribution in [3.05, 3.63) is 58.9 Å². The van der Waals surface area contributed by atoms with Gasteiger partial charge in [0.1, 0.15) is 0 Å². The lowest BCUT2D eigenvalue weighted by Crippen LogP contribution is -2.26. The Kier molecular flexibility index (Phi) is 4.02. The Bertz CT molecular complexity index is 586. The van der Waals surface area contributed by atoms with E-state index >= 15 is 0 Å². The number of amides is 1. The molecule has 5 heteroatoms. The quantitative estimate of drug-likeness (QED) is 0.876. The maximum absolute atomic E-state index is 12.2. The molecule has 1 aromatic heterocycles. The predicted molar refractivity (Wildman–Crippen MR) is 75.9 cm³/mol. The average molecular weight is 276 g/mol. The number of benzene rings is 1. The molecule has 0 aliphatic heterocycles. The highest BCUT2D eigenvalue weighted by atomic mass is 35.5. The van der Waals surface area contributed by atoms with Crippen LogP contribution in [0.1, 0.15) is 15.9 Å². The molecule has 0 fully saturated rings. The summed E-state index contributed by atoms with van der Waals surface area (Å²) in [5.74, 6) is -0.0825. The van der Waals surface area contributed by atoms with Gasteiger partial charge in [-0.2, -0.15) is 0 Å². The molecule has 2 aromatic rings. The second-order valence-corrected chi connectivity index (χ2v) is 4.66. The number of nitrogen functional groups attached to an aromatic ring is 1. The molecule has 0 aliphatic rings. The maximum Gasteiger partial charge on any atom is 0.254 e. The highest BCUT2D eigenvalue weighted by Gasteiger charge is 2.13. The molecule has 2 N–H and O–H groups in total. The summed E-state index contributed by atoms with van der Waals surface area (Å²) in [6.45, 7) is 0.408. The molecule has 0 saturated carbocycles. The smallest absolute Gasteiger partial charge is 0.254 e. The van der Waals surface area contributed by atoms with Gasteiger partial charge in [0.05, 0.1) is 0 Å². The standard InChI is InChI=1S/C14H14ClN3O/c1-18(14(19)10-4-6-17-7-5-10)9-11-8-12(16)2-3-13(11)15/h2-8H,9,16H2,1H3. The predicted octanol–water partition coefficient (Wildman–Crippen LogP) is 2.59. The van der Waals surface area contributed by atoms with Crippen LogP contribution in [0, 0.1) is 0 Å². The van der Waals surface area contributed by atoms with Gasteiger partial charge in [-0.1, -0.05) is 11.6 Å². The third kappa shape index (κ3) is 3.23. The van der Waals surface area contributed by atoms with Crippen molar-refractivity contribution in [1.29, 1.82) is 0 Å². The van der Waals surface area contributed by atoms with Gasteiger partial charge >= 0.3 is 0 Å². The first kappa shape index (κ1) is 13.4. The van der Waals surface area contributed by atoms with Gasteiger partial charge in [0.15, 0.2) is 0 Å². The molecule has 0 spiro atoms. The summed E-state index contributed by atoms with van der Waals surface area (Å²) in [6, 6.07) is 8.60. The van der Waals surface area contributed by atoms with Crippen LogP contribution in [-0.4, -0.2) is 22.8 Å². The highest BCUT2D eigenvalue weighted by molar-refractivity contribution is 6.31. The molecular weight excluding hydrogens is 262 g/mol. The van der Waals surface area contributed by atoms with Gasteiger partial charge in [0, 0.05) is 42.3 Å². The third-order valence-electron chi connectivity index (χ3n) is 2.75. The molecule has 0 radical (unpaired) electrons. The fourth-order valence-electron chi connectivity index (χ4n) is 1.76. The largest absolute Gasteiger partial charge is 0.399 e. The summed E-state index contributed by atoms with van der Waals surface area (Å²) in [5.41, 5.74) is 7.77. The van der Waals surface area contributed by atoms with E-state index in [0.29, 0.717) is 22.8 Å². The second kappa shape index (κ2) is 5.71. The molecule has 0 atom stereocenters. The van der Waals surface area contributed by atoms with Gasteiger partial charge in [-0.05, 0) is 35.9 Å². The van der Waals surface area contributed by atoms with Crippen LogP contribution in [0.4, 0.5) is 5.69 Å². The Morgan fingerprint density at radius 1 is 1.32 bits per heavy atom. The lowest BCUT2D eigenvalue weighted by Gasteiger charge is -2.18. The van der Waals surface area contributed by atoms with E-state index in [-0.39, 0.29) is 5.91 Å². The Hall–Kier alpha value is -2.07. The summed E-state index contributed by atoms with van der Waals surface area (Å²) < 4.78 is 0. The van der Waals surface area contributed by atoms with Crippen LogP contribution in [0.15, 0.2) is 42.7 Å². The summed E-state index contributed by atoms with van der Waals surface area (Å²) in [5, 5.41) is 0.601. The van der Waals surface area contributed by atoms with Crippen molar-refractivity contribution >= 4 is 23.2 Å². The molecule has 1 heterocycles. The summed E-state index contributed by atoms with van der Waals surface area (Å²) in [7, 11) is 1.72. The van der Waals surface area contributed by atoms with Crippen molar-refractivity contribution in [2.24, 2.45) is 0 Å². The topological polar surface area (TPSA) is 59.2 Å². The molecule has 98 valence electrons. The van der Waals surface area contributed by atoms with Gasteiger partial charge in [-0.25, -0.2) is 0 Å². The normalized spacial score (nSPS) is 10.2. The van der Waals surface area contributed by atoms with Crippen molar-refractivity contribution in [2.75, 3.05) is 12.8 Å². The first-order valence-electron chi connectivity index (χ1n) is 5.77. The number of hydrogen-bond acceptors (Lipinski definition) is 3. The molecule has 1 amide bonds. The maximum atomic E-state index is 12.2. The SMILES string of the molecule is CN(Cc1cc(N)ccc1Cl)C(=O)c1ccncc1. The first-order valence-corrected chi connectivity index (χ1v) is 6.15. The van der Waals surface area contributed by atoms with Crippen LogP contribution in [0.2, 0.25) is 5.02 Å². The fraction of sp³-hybridized carbons (Fsp3) is 0.143. The second-order valence-electron chi connectivity index (χ2n) is 4.25. The van der Waals surface area contributed by atoms with Crippen LogP contribution < -0.4 is 5.73 Å². The lowest BCUT2D eigenvalue weighted by atomic mass is 10.1. The minimum absolute atomic E-state index is 0.0825. The monoisotopic (exact) mass is 275 g/mol. The number of hydrogen-bond donors (Lipinski definition) is 1. The summed E-state index contributed by atoms with van der Waals surface area (Å²) in [6.07, 6.45) is 3.18. The van der Waals surface area contributed by atoms with Gasteiger partial charge in [0.2, 0.25) is 0 Å². The third-order valence-corrected chi connectivity index (χ3v) is 3.12. The molecule has 0 unspecified atom stereocenters. The number of pyridine rings is 1. The summed E-state index contributed by atoms with van der Waals surface area (Å²) in [4.78, 5) is 17.7. The number of rotatable bonds is 3. The average Bonchev–Trinajstić information content (AvgIpc) is 2.43. The zero-order valence-corrected chi connectivity index (χ0v) is 11.3. The Morgan fingerprint density at radius 3 is 2.68 bits per heavy atom. The molecule has 0 aliphatic carbocycles. The molecule has 19 heavy (non-hydrogen) atoms. The lowest BCUT2D eigenvalue weighted by molar-refractivity contribution is 0.0785. The van der Waals surface area contributed by atoms with E-state index in [2.05, 4.69) is 4.98 Å². The zero-order valence-electron chi connectivity index (χ0n) is 10.5. The Balaban J connectivity index is 2.15. The van der Waals surface area contributed by atoms with Gasteiger partial charge in [-0.3, -0.25) is 9.78 Å². The van der Waals surface area contributed by atoms with E-state index in [4.69, 9.17) is 17.3 Å². The van der Waals surface area contributed by atoms with Gasteiger partial charge in [0.25, 0.3) is 5.91 Å². The molecule has 1 aromatic carbocycles. The summed E-state index contributed by atoms with van der Waals surface area (Å²) >= 11 is 6.09. The van der Waals surface area contributed by atoms with Gasteiger partial charge in [-0.15, -0.1) is 0 Å². The number of aromatic nitrogens is 1. The number of carbonyl (C=O) groups excluding carboxylic acids is 1. The number of nitrogens with zero attached hydrogens (tertiary/aromatic N) is 2. The van der Waals surface area contributed by atoms with Crippen LogP contribution in [0.3, 0.4) is 0 Å². The van der Waals surface area contributed by atoms with Crippen molar-refractivity contribution < 1.29 is 4.79 Å². The number of anilines is 1. The van der Waals surface area contributed by atoms with E-state index in [0.717, 1.165) is 5.56 Å². The van der Waals surface area contributed by atoms with E-state index < -0.39 is 0 Å². The highest BCUT2D eigenvalue weighted by Crippen LogP contribution is 2.20. The number of nitrogens with two attached hydrogens (primary N) is 1. The van der Waals surface area contributed by atoms with Crippen molar-refractivity contribution in [3.63, 3.8) is 0 Å². The number of halogens is 1. The van der Waals surface area contributed by atoms with Crippen molar-refractivity contribution in [1.82, 2.24) is 9.88 Å². The van der Waals surface area contributed by atoms with E-state index in [9.17, 15) is 4.79 Å². The van der Waals surface area contributed by atoms with Gasteiger partial charge < -0.3 is 10.6 Å².